The molecule has 1 aromatic heterocycles. The van der Waals surface area contributed by atoms with Crippen LogP contribution in [-0.2, 0) is 10.8 Å². The molecule has 3 rings (SSSR count). The highest BCUT2D eigenvalue weighted by Crippen LogP contribution is 2.16. The molecule has 2 aromatic rings. The molecule has 0 aliphatic carbocycles. The van der Waals surface area contributed by atoms with Crippen molar-refractivity contribution < 1.29 is 4.21 Å². The summed E-state index contributed by atoms with van der Waals surface area (Å²) in [5, 5.41) is 3.99. The van der Waals surface area contributed by atoms with E-state index in [1.165, 1.54) is 0 Å². The quantitative estimate of drug-likeness (QED) is 0.863. The largest absolute Gasteiger partial charge is 0.315 e. The lowest BCUT2D eigenvalue weighted by molar-refractivity contribution is 0.669. The summed E-state index contributed by atoms with van der Waals surface area (Å²) in [5.41, 5.74) is 1.65. The van der Waals surface area contributed by atoms with Crippen LogP contribution in [0.1, 0.15) is 6.42 Å². The molecule has 2 atom stereocenters. The second-order valence-corrected chi connectivity index (χ2v) is 5.79. The first-order valence-electron chi connectivity index (χ1n) is 5.68. The molecule has 0 radical (unpaired) electrons. The van der Waals surface area contributed by atoms with Crippen LogP contribution >= 0.6 is 0 Å². The molecular weight excluding hydrogens is 234 g/mol. The predicted octanol–water partition coefficient (Wildman–Crippen LogP) is 1.10. The van der Waals surface area contributed by atoms with Crippen LogP contribution in [-0.4, -0.2) is 32.5 Å². The first-order chi connectivity index (χ1) is 8.34. The van der Waals surface area contributed by atoms with E-state index in [1.807, 2.05) is 24.3 Å². The van der Waals surface area contributed by atoms with Crippen molar-refractivity contribution in [1.82, 2.24) is 15.3 Å². The third kappa shape index (κ3) is 2.08. The van der Waals surface area contributed by atoms with Gasteiger partial charge in [-0.15, -0.1) is 0 Å². The monoisotopic (exact) mass is 247 g/mol. The second-order valence-electron chi connectivity index (χ2n) is 4.11. The van der Waals surface area contributed by atoms with Crippen molar-refractivity contribution in [1.29, 1.82) is 0 Å². The van der Waals surface area contributed by atoms with Crippen molar-refractivity contribution in [3.8, 4) is 0 Å². The van der Waals surface area contributed by atoms with Gasteiger partial charge in [0.2, 0.25) is 0 Å². The Hall–Kier alpha value is -1.33. The second kappa shape index (κ2) is 4.50. The lowest BCUT2D eigenvalue weighted by Gasteiger charge is -2.07. The van der Waals surface area contributed by atoms with Gasteiger partial charge in [0.1, 0.15) is 5.03 Å². The Kier molecular flexibility index (Phi) is 2.86. The molecule has 1 fully saturated rings. The van der Waals surface area contributed by atoms with Gasteiger partial charge in [-0.25, -0.2) is 4.98 Å². The molecule has 5 heteroatoms. The summed E-state index contributed by atoms with van der Waals surface area (Å²) in [7, 11) is -1.05. The summed E-state index contributed by atoms with van der Waals surface area (Å²) in [4.78, 5) is 8.73. The molecule has 17 heavy (non-hydrogen) atoms. The Morgan fingerprint density at radius 3 is 2.88 bits per heavy atom. The molecule has 2 heterocycles. The number of para-hydroxylation sites is 2. The number of fused-ring (bicyclic) bond motifs is 1. The van der Waals surface area contributed by atoms with Crippen LogP contribution in [0.2, 0.25) is 0 Å². The number of nitrogens with zero attached hydrogens (tertiary/aromatic N) is 2. The molecule has 1 aliphatic rings. The van der Waals surface area contributed by atoms with Gasteiger partial charge < -0.3 is 5.32 Å². The standard InChI is InChI=1S/C12H13N3OS/c16-17(9-5-6-13-7-9)12-8-14-10-3-1-2-4-11(10)15-12/h1-4,8-9,13H,5-7H2/t9-,17?/m1/s1. The van der Waals surface area contributed by atoms with Crippen LogP contribution in [0.25, 0.3) is 11.0 Å². The molecule has 0 spiro atoms. The minimum absolute atomic E-state index is 0.172. The number of nitrogens with one attached hydrogen (secondary N) is 1. The number of aromatic nitrogens is 2. The lowest BCUT2D eigenvalue weighted by Crippen LogP contribution is -2.19. The average molecular weight is 247 g/mol. The van der Waals surface area contributed by atoms with Crippen molar-refractivity contribution in [2.24, 2.45) is 0 Å². The Bertz CT molecular complexity index is 566. The van der Waals surface area contributed by atoms with E-state index in [0.29, 0.717) is 5.03 Å². The smallest absolute Gasteiger partial charge is 0.146 e. The number of benzene rings is 1. The molecule has 88 valence electrons. The first-order valence-corrected chi connectivity index (χ1v) is 6.89. The molecular formula is C12H13N3OS. The molecule has 4 nitrogen and oxygen atoms in total. The third-order valence-corrected chi connectivity index (χ3v) is 4.57. The summed E-state index contributed by atoms with van der Waals surface area (Å²) < 4.78 is 12.3. The van der Waals surface area contributed by atoms with Gasteiger partial charge >= 0.3 is 0 Å². The van der Waals surface area contributed by atoms with E-state index < -0.39 is 10.8 Å². The van der Waals surface area contributed by atoms with E-state index >= 15 is 0 Å². The SMILES string of the molecule is O=S(c1cnc2ccccc2n1)[C@@H]1CCNC1. The summed E-state index contributed by atoms with van der Waals surface area (Å²) in [6, 6.07) is 7.65. The Morgan fingerprint density at radius 2 is 2.12 bits per heavy atom. The van der Waals surface area contributed by atoms with Gasteiger partial charge in [-0.05, 0) is 25.1 Å². The van der Waals surface area contributed by atoms with E-state index in [2.05, 4.69) is 15.3 Å². The number of hydrogen-bond acceptors (Lipinski definition) is 4. The highest BCUT2D eigenvalue weighted by atomic mass is 32.2. The van der Waals surface area contributed by atoms with Gasteiger partial charge in [-0.3, -0.25) is 9.19 Å². The van der Waals surface area contributed by atoms with E-state index in [0.717, 1.165) is 30.5 Å². The molecule has 0 saturated carbocycles. The van der Waals surface area contributed by atoms with Gasteiger partial charge in [0, 0.05) is 6.54 Å². The molecule has 1 unspecified atom stereocenters. The average Bonchev–Trinajstić information content (AvgIpc) is 2.91. The summed E-state index contributed by atoms with van der Waals surface area (Å²) in [5.74, 6) is 0. The Balaban J connectivity index is 1.97. The maximum atomic E-state index is 12.3. The Morgan fingerprint density at radius 1 is 1.29 bits per heavy atom. The van der Waals surface area contributed by atoms with E-state index in [4.69, 9.17) is 0 Å². The molecule has 1 N–H and O–H groups in total. The Labute approximate surface area is 102 Å². The highest BCUT2D eigenvalue weighted by Gasteiger charge is 2.23. The molecule has 0 amide bonds. The minimum atomic E-state index is -1.05. The van der Waals surface area contributed by atoms with Crippen LogP contribution in [0.5, 0.6) is 0 Å². The van der Waals surface area contributed by atoms with Crippen molar-refractivity contribution in [2.45, 2.75) is 16.7 Å². The van der Waals surface area contributed by atoms with Gasteiger partial charge in [-0.1, -0.05) is 12.1 Å². The van der Waals surface area contributed by atoms with E-state index in [1.54, 1.807) is 6.20 Å². The van der Waals surface area contributed by atoms with Gasteiger partial charge in [-0.2, -0.15) is 0 Å². The summed E-state index contributed by atoms with van der Waals surface area (Å²) in [6.07, 6.45) is 2.58. The number of rotatable bonds is 2. The highest BCUT2D eigenvalue weighted by molar-refractivity contribution is 7.85. The van der Waals surface area contributed by atoms with Crippen molar-refractivity contribution >= 4 is 21.8 Å². The maximum Gasteiger partial charge on any atom is 0.146 e. The van der Waals surface area contributed by atoms with E-state index in [9.17, 15) is 4.21 Å². The topological polar surface area (TPSA) is 54.9 Å². The molecule has 1 aliphatic heterocycles. The first kappa shape index (κ1) is 10.8. The maximum absolute atomic E-state index is 12.3. The zero-order valence-electron chi connectivity index (χ0n) is 9.30. The zero-order valence-corrected chi connectivity index (χ0v) is 10.1. The van der Waals surface area contributed by atoms with Gasteiger partial charge in [0.05, 0.1) is 33.3 Å². The van der Waals surface area contributed by atoms with Crippen LogP contribution in [0, 0.1) is 0 Å². The van der Waals surface area contributed by atoms with Crippen LogP contribution in [0.4, 0.5) is 0 Å². The van der Waals surface area contributed by atoms with Crippen molar-refractivity contribution in [3.63, 3.8) is 0 Å². The fraction of sp³-hybridized carbons (Fsp3) is 0.333. The lowest BCUT2D eigenvalue weighted by atomic mass is 10.3. The molecule has 0 bridgehead atoms. The van der Waals surface area contributed by atoms with Gasteiger partial charge in [0.15, 0.2) is 0 Å². The van der Waals surface area contributed by atoms with Gasteiger partial charge in [0.25, 0.3) is 0 Å². The van der Waals surface area contributed by atoms with Crippen molar-refractivity contribution in [2.75, 3.05) is 13.1 Å². The van der Waals surface area contributed by atoms with Crippen LogP contribution < -0.4 is 5.32 Å². The van der Waals surface area contributed by atoms with Crippen molar-refractivity contribution in [3.05, 3.63) is 30.5 Å². The summed E-state index contributed by atoms with van der Waals surface area (Å²) >= 11 is 0. The fourth-order valence-electron chi connectivity index (χ4n) is 2.02. The minimum Gasteiger partial charge on any atom is -0.315 e. The third-order valence-electron chi connectivity index (χ3n) is 2.95. The fourth-order valence-corrected chi connectivity index (χ4v) is 3.31. The van der Waals surface area contributed by atoms with Crippen LogP contribution in [0.15, 0.2) is 35.5 Å². The normalized spacial score (nSPS) is 21.8. The summed E-state index contributed by atoms with van der Waals surface area (Å²) in [6.45, 7) is 1.75. The van der Waals surface area contributed by atoms with E-state index in [-0.39, 0.29) is 5.25 Å². The van der Waals surface area contributed by atoms with Crippen LogP contribution in [0.3, 0.4) is 0 Å². The number of hydrogen-bond donors (Lipinski definition) is 1. The predicted molar refractivity (Wildman–Crippen MR) is 67.2 cm³/mol. The zero-order chi connectivity index (χ0) is 11.7. The molecule has 1 aromatic carbocycles. The molecule has 1 saturated heterocycles.